The molecule has 0 saturated heterocycles. The summed E-state index contributed by atoms with van der Waals surface area (Å²) in [5.41, 5.74) is 0. The summed E-state index contributed by atoms with van der Waals surface area (Å²) in [5, 5.41) is 0. The minimum absolute atomic E-state index is 0. The molecule has 0 aromatic rings. The zero-order chi connectivity index (χ0) is 6.08. The van der Waals surface area contributed by atoms with Gasteiger partial charge in [0, 0.05) is 0 Å². The summed E-state index contributed by atoms with van der Waals surface area (Å²) in [6.07, 6.45) is -8.92. The summed E-state index contributed by atoms with van der Waals surface area (Å²) >= 11 is 0. The first-order chi connectivity index (χ1) is 2.94. The van der Waals surface area contributed by atoms with Crippen LogP contribution < -0.4 is 0 Å². The fourth-order valence-corrected chi connectivity index (χ4v) is 0. The number of rotatable bonds is 0. The van der Waals surface area contributed by atoms with E-state index in [0.717, 1.165) is 0 Å². The fraction of sp³-hybridized carbons (Fsp3) is 0.500. The molecule has 45 valence electrons. The topological polar surface area (TPSA) is 0 Å². The maximum atomic E-state index is 10.4. The third kappa shape index (κ3) is 4.80. The van der Waals surface area contributed by atoms with Crippen LogP contribution in [0.1, 0.15) is 0 Å². The molecule has 0 aliphatic carbocycles. The molecule has 0 atom stereocenters. The Labute approximate surface area is 64.3 Å². The van der Waals surface area contributed by atoms with Gasteiger partial charge in [0.05, 0.1) is 0 Å². The van der Waals surface area contributed by atoms with Crippen molar-refractivity contribution in [3.63, 3.8) is 0 Å². The molecule has 0 aliphatic rings. The number of hydrogen-bond acceptors (Lipinski definition) is 0. The molecule has 1 radical (unpaired) electrons. The van der Waals surface area contributed by atoms with Gasteiger partial charge in [-0.1, -0.05) is 0 Å². The van der Waals surface area contributed by atoms with Crippen molar-refractivity contribution in [2.45, 2.75) is 6.18 Å². The Morgan fingerprint density at radius 2 is 1.12 bits per heavy atom. The maximum absolute atomic E-state index is 10.4. The van der Waals surface area contributed by atoms with Crippen LogP contribution in [-0.2, 0) is 0 Å². The molecule has 0 spiro atoms. The minimum atomic E-state index is -5.42. The Balaban J connectivity index is 0. The number of halogens is 5. The van der Waals surface area contributed by atoms with E-state index in [9.17, 15) is 22.0 Å². The molecule has 0 heterocycles. The Bertz CT molecular complexity index is 55.9. The van der Waals surface area contributed by atoms with E-state index in [1.807, 2.05) is 0 Å². The van der Waals surface area contributed by atoms with Crippen LogP contribution in [0.15, 0.2) is 0 Å². The Morgan fingerprint density at radius 1 is 1.00 bits per heavy atom. The molecule has 0 N–H and O–H groups in total. The van der Waals surface area contributed by atoms with Crippen LogP contribution in [-0.4, -0.2) is 35.7 Å². The average Bonchev–Trinajstić information content (AvgIpc) is 1.31. The van der Waals surface area contributed by atoms with Crippen molar-refractivity contribution >= 4 is 29.6 Å². The zero-order valence-electron chi connectivity index (χ0n) is 2.89. The van der Waals surface area contributed by atoms with Crippen LogP contribution >= 0.6 is 0 Å². The molecule has 0 saturated carbocycles. The van der Waals surface area contributed by atoms with Crippen LogP contribution in [0.2, 0.25) is 0 Å². The standard InChI is InChI=1S/C2F5.Na.H/c3-1(4)2(5,6)7;;. The van der Waals surface area contributed by atoms with Gasteiger partial charge < -0.3 is 0 Å². The molecule has 0 nitrogen and oxygen atoms in total. The predicted molar refractivity (Wildman–Crippen MR) is 18.7 cm³/mol. The first-order valence-corrected chi connectivity index (χ1v) is 1.19. The van der Waals surface area contributed by atoms with Crippen molar-refractivity contribution in [3.05, 3.63) is 6.43 Å². The van der Waals surface area contributed by atoms with Gasteiger partial charge in [-0.3, -0.25) is 0 Å². The van der Waals surface area contributed by atoms with Crippen molar-refractivity contribution in [1.82, 2.24) is 0 Å². The van der Waals surface area contributed by atoms with E-state index in [1.54, 1.807) is 0 Å². The van der Waals surface area contributed by atoms with Crippen molar-refractivity contribution in [3.8, 4) is 0 Å². The molecule has 0 aromatic heterocycles. The Hall–Kier alpha value is 0.650. The number of hydrogen-bond donors (Lipinski definition) is 0. The van der Waals surface area contributed by atoms with Crippen molar-refractivity contribution in [2.24, 2.45) is 0 Å². The summed E-state index contributed by atoms with van der Waals surface area (Å²) in [5.74, 6) is 0. The van der Waals surface area contributed by atoms with Crippen LogP contribution in [0.4, 0.5) is 22.0 Å². The quantitative estimate of drug-likeness (QED) is 0.354. The first kappa shape index (κ1) is 11.4. The Morgan fingerprint density at radius 3 is 1.12 bits per heavy atom. The van der Waals surface area contributed by atoms with Gasteiger partial charge in [0.15, 0.2) is 0 Å². The summed E-state index contributed by atoms with van der Waals surface area (Å²) in [7, 11) is 0. The van der Waals surface area contributed by atoms with Crippen LogP contribution in [0.25, 0.3) is 0 Å². The van der Waals surface area contributed by atoms with E-state index in [2.05, 4.69) is 0 Å². The van der Waals surface area contributed by atoms with Gasteiger partial charge in [0.2, 0.25) is 0 Å². The second-order valence-corrected chi connectivity index (χ2v) is 0.758. The van der Waals surface area contributed by atoms with Gasteiger partial charge in [-0.2, -0.15) is 22.0 Å². The average molecular weight is 143 g/mol. The Kier molecular flexibility index (Phi) is 5.20. The third-order valence-electron chi connectivity index (χ3n) is 0.214. The molecule has 8 heavy (non-hydrogen) atoms. The summed E-state index contributed by atoms with van der Waals surface area (Å²) < 4.78 is 51.8. The van der Waals surface area contributed by atoms with E-state index >= 15 is 0 Å². The molecule has 0 aliphatic heterocycles. The molecule has 0 aromatic carbocycles. The fourth-order valence-electron chi connectivity index (χ4n) is 0. The SMILES string of the molecule is F[C](F)C(F)(F)F.[NaH]. The van der Waals surface area contributed by atoms with Gasteiger partial charge in [0.25, 0.3) is 0 Å². The predicted octanol–water partition coefficient (Wildman–Crippen LogP) is 1.33. The van der Waals surface area contributed by atoms with E-state index in [1.165, 1.54) is 0 Å². The van der Waals surface area contributed by atoms with Gasteiger partial charge in [-0.05, 0) is 0 Å². The van der Waals surface area contributed by atoms with Gasteiger partial charge >= 0.3 is 42.2 Å². The zero-order valence-corrected chi connectivity index (χ0v) is 2.89. The molecule has 0 rings (SSSR count). The van der Waals surface area contributed by atoms with Crippen LogP contribution in [0.3, 0.4) is 0 Å². The second kappa shape index (κ2) is 3.63. The molecule has 0 amide bonds. The van der Waals surface area contributed by atoms with Gasteiger partial charge in [-0.25, -0.2) is 0 Å². The van der Waals surface area contributed by atoms with E-state index in [-0.39, 0.29) is 29.6 Å². The van der Waals surface area contributed by atoms with Crippen LogP contribution in [0.5, 0.6) is 0 Å². The second-order valence-electron chi connectivity index (χ2n) is 0.758. The van der Waals surface area contributed by atoms with E-state index < -0.39 is 12.6 Å². The molecule has 0 unspecified atom stereocenters. The van der Waals surface area contributed by atoms with Crippen molar-refractivity contribution in [1.29, 1.82) is 0 Å². The summed E-state index contributed by atoms with van der Waals surface area (Å²) in [4.78, 5) is 0. The molecule has 0 bridgehead atoms. The molecule has 6 heteroatoms. The van der Waals surface area contributed by atoms with Gasteiger partial charge in [-0.15, -0.1) is 0 Å². The van der Waals surface area contributed by atoms with Crippen molar-refractivity contribution in [2.75, 3.05) is 0 Å². The summed E-state index contributed by atoms with van der Waals surface area (Å²) in [6.45, 7) is 0. The molecular weight excluding hydrogens is 142 g/mol. The molecule has 0 fully saturated rings. The number of alkyl halides is 3. The van der Waals surface area contributed by atoms with E-state index in [0.29, 0.717) is 0 Å². The normalized spacial score (nSPS) is 11.2. The molecular formula is C2HF5Na. The first-order valence-electron chi connectivity index (χ1n) is 1.19. The van der Waals surface area contributed by atoms with Gasteiger partial charge in [0.1, 0.15) is 0 Å². The van der Waals surface area contributed by atoms with E-state index in [4.69, 9.17) is 0 Å². The third-order valence-corrected chi connectivity index (χ3v) is 0.214. The van der Waals surface area contributed by atoms with Crippen molar-refractivity contribution < 1.29 is 22.0 Å². The van der Waals surface area contributed by atoms with Crippen LogP contribution in [0, 0.1) is 6.43 Å². The summed E-state index contributed by atoms with van der Waals surface area (Å²) in [6, 6.07) is 0. The monoisotopic (exact) mass is 143 g/mol.